The van der Waals surface area contributed by atoms with Gasteiger partial charge in [-0.2, -0.15) is 0 Å². The zero-order valence-corrected chi connectivity index (χ0v) is 11.6. The minimum Gasteiger partial charge on any atom is -0.318 e. The van der Waals surface area contributed by atoms with Crippen molar-refractivity contribution >= 4 is 10.9 Å². The van der Waals surface area contributed by atoms with Gasteiger partial charge < -0.3 is 10.6 Å². The van der Waals surface area contributed by atoms with E-state index in [0.717, 1.165) is 24.4 Å². The summed E-state index contributed by atoms with van der Waals surface area (Å²) in [6.45, 7) is 3.73. The second kappa shape index (κ2) is 5.95. The van der Waals surface area contributed by atoms with Crippen LogP contribution in [0, 0.1) is 0 Å². The van der Waals surface area contributed by atoms with E-state index in [1.807, 2.05) is 38.2 Å². The van der Waals surface area contributed by atoms with Crippen LogP contribution in [0.25, 0.3) is 10.9 Å². The number of hydrogen-bond donors (Lipinski definition) is 2. The van der Waals surface area contributed by atoms with E-state index < -0.39 is 0 Å². The van der Waals surface area contributed by atoms with Crippen molar-refractivity contribution < 1.29 is 0 Å². The average Bonchev–Trinajstić information content (AvgIpc) is 2.43. The van der Waals surface area contributed by atoms with Gasteiger partial charge in [0.05, 0.1) is 16.9 Å². The van der Waals surface area contributed by atoms with Crippen LogP contribution in [0.3, 0.4) is 0 Å². The van der Waals surface area contributed by atoms with Crippen molar-refractivity contribution in [2.45, 2.75) is 13.0 Å². The summed E-state index contributed by atoms with van der Waals surface area (Å²) >= 11 is 0. The number of fused-ring (bicyclic) bond motifs is 1. The molecule has 0 aliphatic rings. The van der Waals surface area contributed by atoms with Crippen LogP contribution in [0.1, 0.15) is 18.8 Å². The van der Waals surface area contributed by atoms with Gasteiger partial charge in [0.15, 0.2) is 0 Å². The van der Waals surface area contributed by atoms with Crippen LogP contribution >= 0.6 is 0 Å². The van der Waals surface area contributed by atoms with Crippen molar-refractivity contribution in [1.29, 1.82) is 0 Å². The highest BCUT2D eigenvalue weighted by Crippen LogP contribution is 2.12. The molecule has 0 aliphatic carbocycles. The topological polar surface area (TPSA) is 59.0 Å². The van der Waals surface area contributed by atoms with Crippen molar-refractivity contribution in [2.75, 3.05) is 20.1 Å². The second-order valence-corrected chi connectivity index (χ2v) is 4.63. The number of para-hydroxylation sites is 1. The first-order chi connectivity index (χ1) is 9.15. The Balaban J connectivity index is 2.38. The van der Waals surface area contributed by atoms with Gasteiger partial charge in [0.25, 0.3) is 5.56 Å². The van der Waals surface area contributed by atoms with Gasteiger partial charge in [-0.3, -0.25) is 9.36 Å². The van der Waals surface area contributed by atoms with Gasteiger partial charge in [0, 0.05) is 20.1 Å². The van der Waals surface area contributed by atoms with Crippen molar-refractivity contribution in [3.05, 3.63) is 40.4 Å². The lowest BCUT2D eigenvalue weighted by molar-refractivity contribution is 0.516. The molecule has 0 spiro atoms. The normalized spacial score (nSPS) is 12.8. The summed E-state index contributed by atoms with van der Waals surface area (Å²) in [5.41, 5.74) is 0.755. The van der Waals surface area contributed by atoms with E-state index in [4.69, 9.17) is 0 Å². The Labute approximate surface area is 112 Å². The summed E-state index contributed by atoms with van der Waals surface area (Å²) in [5.74, 6) is 0.764. The van der Waals surface area contributed by atoms with Crippen LogP contribution in [0.4, 0.5) is 0 Å². The molecular formula is C14H20N4O. The second-order valence-electron chi connectivity index (χ2n) is 4.63. The first-order valence-corrected chi connectivity index (χ1v) is 6.48. The fraction of sp³-hybridized carbons (Fsp3) is 0.429. The Morgan fingerprint density at radius 2 is 2.05 bits per heavy atom. The summed E-state index contributed by atoms with van der Waals surface area (Å²) < 4.78 is 1.62. The van der Waals surface area contributed by atoms with Gasteiger partial charge in [0.2, 0.25) is 0 Å². The molecule has 2 N–H and O–H groups in total. The fourth-order valence-electron chi connectivity index (χ4n) is 2.13. The Kier molecular flexibility index (Phi) is 4.29. The van der Waals surface area contributed by atoms with Crippen LogP contribution in [-0.4, -0.2) is 29.7 Å². The molecule has 0 saturated heterocycles. The van der Waals surface area contributed by atoms with Gasteiger partial charge in [-0.25, -0.2) is 4.98 Å². The maximum absolute atomic E-state index is 12.3. The molecule has 5 heteroatoms. The van der Waals surface area contributed by atoms with Crippen LogP contribution in [-0.2, 0) is 7.05 Å². The van der Waals surface area contributed by atoms with E-state index in [0.29, 0.717) is 5.39 Å². The van der Waals surface area contributed by atoms with Gasteiger partial charge in [-0.1, -0.05) is 12.1 Å². The number of likely N-dealkylation sites (N-methyl/N-ethyl adjacent to an activating group) is 1. The molecule has 2 aromatic rings. The standard InChI is InChI=1S/C14H20N4O/c1-10(16-9-8-15-2)13-17-12-7-5-4-6-11(12)14(19)18(13)3/h4-7,10,15-16H,8-9H2,1-3H3. The first-order valence-electron chi connectivity index (χ1n) is 6.48. The quantitative estimate of drug-likeness (QED) is 0.781. The van der Waals surface area contributed by atoms with E-state index >= 15 is 0 Å². The molecule has 0 radical (unpaired) electrons. The zero-order chi connectivity index (χ0) is 13.8. The highest BCUT2D eigenvalue weighted by molar-refractivity contribution is 5.77. The number of aromatic nitrogens is 2. The predicted molar refractivity (Wildman–Crippen MR) is 77.3 cm³/mol. The van der Waals surface area contributed by atoms with Crippen LogP contribution < -0.4 is 16.2 Å². The molecule has 1 unspecified atom stereocenters. The summed E-state index contributed by atoms with van der Waals surface area (Å²) in [6, 6.07) is 7.49. The number of benzene rings is 1. The Morgan fingerprint density at radius 3 is 2.79 bits per heavy atom. The molecular weight excluding hydrogens is 240 g/mol. The van der Waals surface area contributed by atoms with Crippen LogP contribution in [0.2, 0.25) is 0 Å². The molecule has 102 valence electrons. The third-order valence-corrected chi connectivity index (χ3v) is 3.23. The molecule has 19 heavy (non-hydrogen) atoms. The first kappa shape index (κ1) is 13.7. The van der Waals surface area contributed by atoms with E-state index in [-0.39, 0.29) is 11.6 Å². The predicted octanol–water partition coefficient (Wildman–Crippen LogP) is 0.803. The molecule has 2 rings (SSSR count). The third kappa shape index (κ3) is 2.83. The third-order valence-electron chi connectivity index (χ3n) is 3.23. The molecule has 0 fully saturated rings. The minimum absolute atomic E-state index is 0.00265. The summed E-state index contributed by atoms with van der Waals surface area (Å²) in [5, 5.41) is 7.09. The molecule has 0 bridgehead atoms. The molecule has 1 atom stereocenters. The molecule has 0 saturated carbocycles. The van der Waals surface area contributed by atoms with Gasteiger partial charge >= 0.3 is 0 Å². The van der Waals surface area contributed by atoms with Crippen LogP contribution in [0.5, 0.6) is 0 Å². The lowest BCUT2D eigenvalue weighted by Crippen LogP contribution is -2.32. The van der Waals surface area contributed by atoms with E-state index in [9.17, 15) is 4.79 Å². The van der Waals surface area contributed by atoms with Gasteiger partial charge in [-0.05, 0) is 26.1 Å². The van der Waals surface area contributed by atoms with Gasteiger partial charge in [-0.15, -0.1) is 0 Å². The maximum atomic E-state index is 12.3. The summed E-state index contributed by atoms with van der Waals surface area (Å²) in [4.78, 5) is 16.9. The van der Waals surface area contributed by atoms with Crippen molar-refractivity contribution in [3.8, 4) is 0 Å². The minimum atomic E-state index is 0.00265. The van der Waals surface area contributed by atoms with Crippen molar-refractivity contribution in [2.24, 2.45) is 7.05 Å². The zero-order valence-electron chi connectivity index (χ0n) is 11.6. The molecule has 0 amide bonds. The molecule has 1 aromatic carbocycles. The molecule has 0 aliphatic heterocycles. The Bertz CT molecular complexity index is 620. The van der Waals surface area contributed by atoms with E-state index in [2.05, 4.69) is 15.6 Å². The highest BCUT2D eigenvalue weighted by atomic mass is 16.1. The number of rotatable bonds is 5. The molecule has 1 aromatic heterocycles. The lowest BCUT2D eigenvalue weighted by atomic mass is 10.2. The number of hydrogen-bond acceptors (Lipinski definition) is 4. The summed E-state index contributed by atoms with van der Waals surface area (Å²) in [7, 11) is 3.68. The van der Waals surface area contributed by atoms with Crippen molar-refractivity contribution in [3.63, 3.8) is 0 Å². The van der Waals surface area contributed by atoms with E-state index in [1.165, 1.54) is 0 Å². The number of nitrogens with zero attached hydrogens (tertiary/aromatic N) is 2. The maximum Gasteiger partial charge on any atom is 0.261 e. The van der Waals surface area contributed by atoms with Crippen molar-refractivity contribution in [1.82, 2.24) is 20.2 Å². The Hall–Kier alpha value is -1.72. The highest BCUT2D eigenvalue weighted by Gasteiger charge is 2.13. The van der Waals surface area contributed by atoms with Crippen LogP contribution in [0.15, 0.2) is 29.1 Å². The number of nitrogens with one attached hydrogen (secondary N) is 2. The van der Waals surface area contributed by atoms with E-state index in [1.54, 1.807) is 11.6 Å². The lowest BCUT2D eigenvalue weighted by Gasteiger charge is -2.17. The smallest absolute Gasteiger partial charge is 0.261 e. The average molecular weight is 260 g/mol. The largest absolute Gasteiger partial charge is 0.318 e. The molecule has 5 nitrogen and oxygen atoms in total. The molecule has 1 heterocycles. The summed E-state index contributed by atoms with van der Waals surface area (Å²) in [6.07, 6.45) is 0. The fourth-order valence-corrected chi connectivity index (χ4v) is 2.13. The monoisotopic (exact) mass is 260 g/mol. The Morgan fingerprint density at radius 1 is 1.32 bits per heavy atom. The van der Waals surface area contributed by atoms with Gasteiger partial charge in [0.1, 0.15) is 5.82 Å². The SMILES string of the molecule is CNCCNC(C)c1nc2ccccc2c(=O)n1C.